The van der Waals surface area contributed by atoms with Crippen molar-refractivity contribution in [2.45, 2.75) is 61.1 Å². The van der Waals surface area contributed by atoms with E-state index in [1.807, 2.05) is 37.3 Å². The van der Waals surface area contributed by atoms with E-state index in [-0.39, 0.29) is 11.2 Å². The molecular formula is C18H23N3OS3. The molecule has 1 fully saturated rings. The molecule has 25 heavy (non-hydrogen) atoms. The third kappa shape index (κ3) is 5.15. The number of benzene rings is 1. The third-order valence-electron chi connectivity index (χ3n) is 4.38. The topological polar surface area (TPSA) is 46.9 Å². The highest BCUT2D eigenvalue weighted by molar-refractivity contribution is 8.02. The molecule has 1 N–H and O–H groups in total. The molecule has 1 amide bonds. The Hall–Kier alpha value is -1.18. The van der Waals surface area contributed by atoms with Crippen molar-refractivity contribution in [3.8, 4) is 5.69 Å². The van der Waals surface area contributed by atoms with Crippen LogP contribution in [0, 0.1) is 3.95 Å². The molecule has 0 bridgehead atoms. The number of hydrogen-bond acceptors (Lipinski definition) is 5. The Bertz CT molecular complexity index is 748. The fourth-order valence-corrected chi connectivity index (χ4v) is 5.50. The summed E-state index contributed by atoms with van der Waals surface area (Å²) in [5.74, 6) is 0.101. The average molecular weight is 394 g/mol. The number of para-hydroxylation sites is 1. The van der Waals surface area contributed by atoms with Crippen LogP contribution in [-0.4, -0.2) is 27.0 Å². The maximum atomic E-state index is 12.5. The highest BCUT2D eigenvalue weighted by Crippen LogP contribution is 2.28. The van der Waals surface area contributed by atoms with Crippen molar-refractivity contribution in [3.63, 3.8) is 0 Å². The molecule has 2 aromatic rings. The molecule has 1 aliphatic carbocycles. The van der Waals surface area contributed by atoms with E-state index in [0.29, 0.717) is 10.00 Å². The van der Waals surface area contributed by atoms with E-state index in [9.17, 15) is 4.79 Å². The van der Waals surface area contributed by atoms with Crippen LogP contribution in [0.1, 0.15) is 45.4 Å². The van der Waals surface area contributed by atoms with Gasteiger partial charge in [-0.15, -0.1) is 5.10 Å². The number of hydrogen-bond donors (Lipinski definition) is 1. The van der Waals surface area contributed by atoms with Crippen molar-refractivity contribution in [1.29, 1.82) is 0 Å². The molecule has 0 spiro atoms. The highest BCUT2D eigenvalue weighted by Gasteiger charge is 2.21. The first-order chi connectivity index (χ1) is 12.1. The van der Waals surface area contributed by atoms with E-state index in [4.69, 9.17) is 12.2 Å². The molecule has 4 nitrogen and oxygen atoms in total. The largest absolute Gasteiger partial charge is 0.352 e. The first-order valence-corrected chi connectivity index (χ1v) is 10.9. The van der Waals surface area contributed by atoms with Crippen LogP contribution in [0.3, 0.4) is 0 Å². The zero-order valence-corrected chi connectivity index (χ0v) is 16.8. The molecule has 0 unspecified atom stereocenters. The summed E-state index contributed by atoms with van der Waals surface area (Å²) in [6.45, 7) is 1.94. The van der Waals surface area contributed by atoms with Crippen LogP contribution in [0.5, 0.6) is 0 Å². The first-order valence-electron chi connectivity index (χ1n) is 8.76. The summed E-state index contributed by atoms with van der Waals surface area (Å²) >= 11 is 8.36. The second-order valence-corrected chi connectivity index (χ2v) is 9.55. The molecule has 1 aromatic carbocycles. The Balaban J connectivity index is 1.62. The molecular weight excluding hydrogens is 370 g/mol. The molecule has 0 aliphatic heterocycles. The summed E-state index contributed by atoms with van der Waals surface area (Å²) in [6.07, 6.45) is 7.22. The normalized spacial score (nSPS) is 17.0. The maximum absolute atomic E-state index is 12.5. The highest BCUT2D eigenvalue weighted by atomic mass is 32.2. The fraction of sp³-hybridized carbons (Fsp3) is 0.500. The lowest BCUT2D eigenvalue weighted by Crippen LogP contribution is -2.39. The summed E-state index contributed by atoms with van der Waals surface area (Å²) in [4.78, 5) is 12.5. The summed E-state index contributed by atoms with van der Waals surface area (Å²) in [6, 6.07) is 10.2. The van der Waals surface area contributed by atoms with E-state index in [2.05, 4.69) is 10.4 Å². The van der Waals surface area contributed by atoms with Gasteiger partial charge in [0.05, 0.1) is 10.9 Å². The second kappa shape index (κ2) is 8.96. The number of nitrogens with one attached hydrogen (secondary N) is 1. The van der Waals surface area contributed by atoms with E-state index in [0.717, 1.165) is 22.9 Å². The second-order valence-electron chi connectivity index (χ2n) is 6.34. The van der Waals surface area contributed by atoms with E-state index < -0.39 is 0 Å². The Morgan fingerprint density at radius 2 is 1.96 bits per heavy atom. The van der Waals surface area contributed by atoms with Crippen LogP contribution < -0.4 is 5.32 Å². The molecule has 1 aliphatic rings. The van der Waals surface area contributed by atoms with Gasteiger partial charge in [0.15, 0.2) is 8.29 Å². The van der Waals surface area contributed by atoms with Gasteiger partial charge in [0, 0.05) is 6.04 Å². The smallest absolute Gasteiger partial charge is 0.233 e. The van der Waals surface area contributed by atoms with Gasteiger partial charge in [-0.3, -0.25) is 4.79 Å². The number of carbonyl (C=O) groups is 1. The summed E-state index contributed by atoms with van der Waals surface area (Å²) in [5.41, 5.74) is 0.950. The Morgan fingerprint density at radius 1 is 1.28 bits per heavy atom. The molecule has 3 rings (SSSR count). The van der Waals surface area contributed by atoms with Crippen LogP contribution in [0.25, 0.3) is 5.69 Å². The minimum atomic E-state index is -0.173. The number of nitrogens with zero attached hydrogens (tertiary/aromatic N) is 2. The number of thioether (sulfide) groups is 1. The number of rotatable bonds is 5. The first kappa shape index (κ1) is 18.6. The van der Waals surface area contributed by atoms with E-state index in [1.165, 1.54) is 48.8 Å². The predicted molar refractivity (Wildman–Crippen MR) is 107 cm³/mol. The average Bonchev–Trinajstić information content (AvgIpc) is 2.81. The van der Waals surface area contributed by atoms with Crippen LogP contribution >= 0.6 is 35.3 Å². The monoisotopic (exact) mass is 393 g/mol. The number of amides is 1. The van der Waals surface area contributed by atoms with Gasteiger partial charge < -0.3 is 5.32 Å². The van der Waals surface area contributed by atoms with E-state index >= 15 is 0 Å². The molecule has 0 saturated heterocycles. The SMILES string of the molecule is C[C@H](Sc1nn(-c2ccccc2)c(=S)s1)C(=O)NC1CCCCCC1. The van der Waals surface area contributed by atoms with Gasteiger partial charge in [0.1, 0.15) is 0 Å². The molecule has 1 aromatic heterocycles. The molecule has 7 heteroatoms. The van der Waals surface area contributed by atoms with E-state index in [1.54, 1.807) is 4.68 Å². The van der Waals surface area contributed by atoms with Crippen molar-refractivity contribution in [2.75, 3.05) is 0 Å². The van der Waals surface area contributed by atoms with Gasteiger partial charge in [-0.25, -0.2) is 4.68 Å². The molecule has 134 valence electrons. The predicted octanol–water partition coefficient (Wildman–Crippen LogP) is 4.98. The zero-order chi connectivity index (χ0) is 17.6. The number of carbonyl (C=O) groups excluding carboxylic acids is 1. The number of aromatic nitrogens is 2. The quantitative estimate of drug-likeness (QED) is 0.442. The lowest BCUT2D eigenvalue weighted by molar-refractivity contribution is -0.121. The minimum Gasteiger partial charge on any atom is -0.352 e. The molecule has 1 atom stereocenters. The Morgan fingerprint density at radius 3 is 2.64 bits per heavy atom. The standard InChI is InChI=1S/C18H23N3OS3/c1-13(16(22)19-14-9-5-2-3-6-10-14)24-17-20-21(18(23)25-17)15-11-7-4-8-12-15/h4,7-8,11-14H,2-3,5-6,9-10H2,1H3,(H,19,22)/t13-/m0/s1. The van der Waals surface area contributed by atoms with Gasteiger partial charge in [0.2, 0.25) is 5.91 Å². The molecule has 1 saturated carbocycles. The van der Waals surface area contributed by atoms with Crippen molar-refractivity contribution >= 4 is 41.2 Å². The fourth-order valence-electron chi connectivity index (χ4n) is 2.99. The van der Waals surface area contributed by atoms with Crippen LogP contribution in [0.15, 0.2) is 34.7 Å². The summed E-state index contributed by atoms with van der Waals surface area (Å²) in [5, 5.41) is 7.62. The van der Waals surface area contributed by atoms with Crippen molar-refractivity contribution < 1.29 is 4.79 Å². The Kier molecular flexibility index (Phi) is 6.67. The molecule has 1 heterocycles. The minimum absolute atomic E-state index is 0.101. The van der Waals surface area contributed by atoms with Gasteiger partial charge in [0.25, 0.3) is 0 Å². The van der Waals surface area contributed by atoms with Crippen molar-refractivity contribution in [3.05, 3.63) is 34.3 Å². The lowest BCUT2D eigenvalue weighted by Gasteiger charge is -2.18. The lowest BCUT2D eigenvalue weighted by atomic mass is 10.1. The van der Waals surface area contributed by atoms with Gasteiger partial charge in [-0.1, -0.05) is 67.0 Å². The van der Waals surface area contributed by atoms with Crippen molar-refractivity contribution in [1.82, 2.24) is 15.1 Å². The van der Waals surface area contributed by atoms with Crippen molar-refractivity contribution in [2.24, 2.45) is 0 Å². The van der Waals surface area contributed by atoms with Gasteiger partial charge in [-0.2, -0.15) is 0 Å². The zero-order valence-electron chi connectivity index (χ0n) is 14.3. The van der Waals surface area contributed by atoms with Gasteiger partial charge in [-0.05, 0) is 44.1 Å². The third-order valence-corrected chi connectivity index (χ3v) is 6.79. The maximum Gasteiger partial charge on any atom is 0.233 e. The molecule has 0 radical (unpaired) electrons. The Labute approximate surface area is 162 Å². The summed E-state index contributed by atoms with van der Waals surface area (Å²) < 4.78 is 3.29. The van der Waals surface area contributed by atoms with Crippen LogP contribution in [0.2, 0.25) is 0 Å². The van der Waals surface area contributed by atoms with Crippen LogP contribution in [0.4, 0.5) is 0 Å². The van der Waals surface area contributed by atoms with Crippen LogP contribution in [-0.2, 0) is 4.79 Å². The van der Waals surface area contributed by atoms with Gasteiger partial charge >= 0.3 is 0 Å². The summed E-state index contributed by atoms with van der Waals surface area (Å²) in [7, 11) is 0.